The number of aliphatic hydroxyl groups is 1. The minimum Gasteiger partial charge on any atom is -0.434 e. The molecule has 0 aliphatic carbocycles. The van der Waals surface area contributed by atoms with Crippen LogP contribution in [0.5, 0.6) is 5.75 Å². The van der Waals surface area contributed by atoms with Crippen LogP contribution in [0, 0.1) is 11.6 Å². The standard InChI is InChI=1S/C23H17F6N5O3/c24-13-3-1-11(2-4-13)19(35)23(28,29)10-31-20(36)17-15(37-21(26)27)6-5-14(18(17)25)12-7-8-34-16(9-12)32-22(30)33-34/h1-9,19,21,35H,10H2,(H2,30,33)(H,31,36)/t19-/m1/s1. The van der Waals surface area contributed by atoms with Crippen LogP contribution in [0.15, 0.2) is 54.7 Å². The number of nitrogens with zero attached hydrogens (tertiary/aromatic N) is 3. The number of aromatic nitrogens is 3. The molecule has 0 aliphatic heterocycles. The summed E-state index contributed by atoms with van der Waals surface area (Å²) in [5.41, 5.74) is 4.21. The van der Waals surface area contributed by atoms with Crippen molar-refractivity contribution < 1.29 is 41.0 Å². The first-order valence-electron chi connectivity index (χ1n) is 10.5. The fraction of sp³-hybridized carbons (Fsp3) is 0.174. The smallest absolute Gasteiger partial charge is 0.387 e. The summed E-state index contributed by atoms with van der Waals surface area (Å²) in [6.07, 6.45) is -1.07. The van der Waals surface area contributed by atoms with Crippen molar-refractivity contribution >= 4 is 17.5 Å². The first-order valence-corrected chi connectivity index (χ1v) is 10.5. The second-order valence-corrected chi connectivity index (χ2v) is 7.76. The molecule has 0 radical (unpaired) electrons. The van der Waals surface area contributed by atoms with E-state index in [0.29, 0.717) is 0 Å². The lowest BCUT2D eigenvalue weighted by atomic mass is 10.0. The molecule has 0 spiro atoms. The highest BCUT2D eigenvalue weighted by Gasteiger charge is 2.40. The third kappa shape index (κ3) is 5.43. The minimum absolute atomic E-state index is 0.0675. The predicted molar refractivity (Wildman–Crippen MR) is 118 cm³/mol. The molecule has 2 aromatic carbocycles. The van der Waals surface area contributed by atoms with Crippen LogP contribution in [-0.2, 0) is 0 Å². The number of alkyl halides is 4. The van der Waals surface area contributed by atoms with E-state index in [2.05, 4.69) is 14.8 Å². The monoisotopic (exact) mass is 525 g/mol. The Bertz CT molecular complexity index is 1450. The average Bonchev–Trinajstić information content (AvgIpc) is 3.22. The van der Waals surface area contributed by atoms with Crippen molar-refractivity contribution in [2.24, 2.45) is 0 Å². The van der Waals surface area contributed by atoms with Gasteiger partial charge in [0.05, 0.1) is 6.54 Å². The highest BCUT2D eigenvalue weighted by molar-refractivity contribution is 5.98. The van der Waals surface area contributed by atoms with Gasteiger partial charge in [0, 0.05) is 11.8 Å². The van der Waals surface area contributed by atoms with Crippen molar-refractivity contribution in [3.63, 3.8) is 0 Å². The summed E-state index contributed by atoms with van der Waals surface area (Å²) in [6, 6.07) is 8.23. The second-order valence-electron chi connectivity index (χ2n) is 7.76. The van der Waals surface area contributed by atoms with Crippen molar-refractivity contribution in [2.45, 2.75) is 18.6 Å². The number of ether oxygens (including phenoxy) is 1. The summed E-state index contributed by atoms with van der Waals surface area (Å²) in [7, 11) is 0. The summed E-state index contributed by atoms with van der Waals surface area (Å²) in [5, 5.41) is 15.6. The van der Waals surface area contributed by atoms with Crippen LogP contribution in [0.1, 0.15) is 22.0 Å². The van der Waals surface area contributed by atoms with Gasteiger partial charge in [-0.25, -0.2) is 22.1 Å². The maximum Gasteiger partial charge on any atom is 0.387 e. The zero-order valence-electron chi connectivity index (χ0n) is 18.5. The SMILES string of the molecule is Nc1nc2cc(-c3ccc(OC(F)F)c(C(=O)NCC(F)(F)[C@H](O)c4ccc(F)cc4)c3F)ccn2n1. The van der Waals surface area contributed by atoms with Gasteiger partial charge in [-0.05, 0) is 47.5 Å². The molecule has 4 N–H and O–H groups in total. The van der Waals surface area contributed by atoms with E-state index in [1.165, 1.54) is 22.8 Å². The lowest BCUT2D eigenvalue weighted by Gasteiger charge is -2.23. The summed E-state index contributed by atoms with van der Waals surface area (Å²) in [6.45, 7) is -4.96. The lowest BCUT2D eigenvalue weighted by Crippen LogP contribution is -2.41. The molecule has 0 fully saturated rings. The Labute approximate surface area is 204 Å². The summed E-state index contributed by atoms with van der Waals surface area (Å²) in [5.74, 6) is -8.53. The Hall–Kier alpha value is -4.33. The van der Waals surface area contributed by atoms with Crippen LogP contribution in [0.4, 0.5) is 32.3 Å². The summed E-state index contributed by atoms with van der Waals surface area (Å²) in [4.78, 5) is 16.7. The topological polar surface area (TPSA) is 115 Å². The van der Waals surface area contributed by atoms with E-state index in [4.69, 9.17) is 5.73 Å². The number of hydrogen-bond acceptors (Lipinski definition) is 6. The number of nitrogen functional groups attached to an aromatic ring is 1. The number of nitrogens with one attached hydrogen (secondary N) is 1. The van der Waals surface area contributed by atoms with E-state index in [1.807, 2.05) is 0 Å². The Morgan fingerprint density at radius 2 is 1.84 bits per heavy atom. The Morgan fingerprint density at radius 3 is 2.51 bits per heavy atom. The number of halogens is 6. The molecule has 37 heavy (non-hydrogen) atoms. The molecule has 0 saturated heterocycles. The number of aliphatic hydroxyl groups excluding tert-OH is 1. The Balaban J connectivity index is 1.64. The van der Waals surface area contributed by atoms with E-state index in [1.54, 1.807) is 5.32 Å². The maximum absolute atomic E-state index is 15.5. The average molecular weight is 525 g/mol. The van der Waals surface area contributed by atoms with Gasteiger partial charge in [-0.1, -0.05) is 12.1 Å². The molecule has 1 atom stereocenters. The Morgan fingerprint density at radius 1 is 1.14 bits per heavy atom. The Kier molecular flexibility index (Phi) is 6.94. The molecule has 4 rings (SSSR count). The molecular formula is C23H17F6N5O3. The van der Waals surface area contributed by atoms with Crippen molar-refractivity contribution in [3.8, 4) is 16.9 Å². The maximum atomic E-state index is 15.5. The number of carbonyl (C=O) groups excluding carboxylic acids is 1. The van der Waals surface area contributed by atoms with Crippen molar-refractivity contribution in [2.75, 3.05) is 12.3 Å². The fourth-order valence-corrected chi connectivity index (χ4v) is 3.53. The van der Waals surface area contributed by atoms with E-state index >= 15 is 4.39 Å². The van der Waals surface area contributed by atoms with Gasteiger partial charge >= 0.3 is 6.61 Å². The van der Waals surface area contributed by atoms with Gasteiger partial charge in [0.2, 0.25) is 5.95 Å². The number of anilines is 1. The van der Waals surface area contributed by atoms with Crippen molar-refractivity contribution in [1.82, 2.24) is 19.9 Å². The third-order valence-corrected chi connectivity index (χ3v) is 5.28. The number of rotatable bonds is 8. The van der Waals surface area contributed by atoms with Crippen LogP contribution >= 0.6 is 0 Å². The molecule has 0 bridgehead atoms. The third-order valence-electron chi connectivity index (χ3n) is 5.28. The molecule has 0 aliphatic rings. The number of amides is 1. The highest BCUT2D eigenvalue weighted by Crippen LogP contribution is 2.34. The number of hydrogen-bond donors (Lipinski definition) is 3. The molecule has 0 unspecified atom stereocenters. The molecular weight excluding hydrogens is 508 g/mol. The van der Waals surface area contributed by atoms with Crippen LogP contribution in [0.25, 0.3) is 16.8 Å². The van der Waals surface area contributed by atoms with Gasteiger partial charge < -0.3 is 20.9 Å². The lowest BCUT2D eigenvalue weighted by molar-refractivity contribution is -0.106. The quantitative estimate of drug-likeness (QED) is 0.300. The minimum atomic E-state index is -4.00. The predicted octanol–water partition coefficient (Wildman–Crippen LogP) is 3.96. The fourth-order valence-electron chi connectivity index (χ4n) is 3.53. The van der Waals surface area contributed by atoms with E-state index in [9.17, 15) is 31.9 Å². The number of nitrogens with two attached hydrogens (primary N) is 1. The molecule has 14 heteroatoms. The number of pyridine rings is 1. The first-order chi connectivity index (χ1) is 17.5. The van der Waals surface area contributed by atoms with E-state index in [-0.39, 0.29) is 28.3 Å². The highest BCUT2D eigenvalue weighted by atomic mass is 19.3. The molecule has 1 amide bonds. The van der Waals surface area contributed by atoms with Gasteiger partial charge in [-0.2, -0.15) is 13.8 Å². The van der Waals surface area contributed by atoms with Crippen molar-refractivity contribution in [3.05, 3.63) is 77.5 Å². The van der Waals surface area contributed by atoms with Gasteiger partial charge in [-0.15, -0.1) is 5.10 Å². The van der Waals surface area contributed by atoms with Gasteiger partial charge in [0.15, 0.2) is 5.65 Å². The van der Waals surface area contributed by atoms with Gasteiger partial charge in [0.25, 0.3) is 11.8 Å². The second kappa shape index (κ2) is 9.97. The van der Waals surface area contributed by atoms with Crippen LogP contribution in [-0.4, -0.2) is 44.7 Å². The summed E-state index contributed by atoms with van der Waals surface area (Å²) >= 11 is 0. The first kappa shape index (κ1) is 25.8. The molecule has 8 nitrogen and oxygen atoms in total. The van der Waals surface area contributed by atoms with Gasteiger partial charge in [0.1, 0.15) is 29.1 Å². The largest absolute Gasteiger partial charge is 0.434 e. The zero-order valence-corrected chi connectivity index (χ0v) is 18.5. The van der Waals surface area contributed by atoms with Gasteiger partial charge in [-0.3, -0.25) is 4.79 Å². The van der Waals surface area contributed by atoms with Crippen molar-refractivity contribution in [1.29, 1.82) is 0 Å². The van der Waals surface area contributed by atoms with Crippen LogP contribution in [0.2, 0.25) is 0 Å². The molecule has 194 valence electrons. The molecule has 4 aromatic rings. The van der Waals surface area contributed by atoms with E-state index < -0.39 is 54.0 Å². The molecule has 0 saturated carbocycles. The van der Waals surface area contributed by atoms with E-state index in [0.717, 1.165) is 36.4 Å². The number of benzene rings is 2. The number of fused-ring (bicyclic) bond motifs is 1. The summed E-state index contributed by atoms with van der Waals surface area (Å²) < 4.78 is 89.0. The zero-order chi connectivity index (χ0) is 26.9. The number of carbonyl (C=O) groups is 1. The normalized spacial score (nSPS) is 12.6. The molecule has 2 heterocycles. The molecule has 2 aromatic heterocycles. The van der Waals surface area contributed by atoms with Crippen LogP contribution < -0.4 is 15.8 Å². The van der Waals surface area contributed by atoms with Crippen LogP contribution in [0.3, 0.4) is 0 Å².